The van der Waals surface area contributed by atoms with Crippen molar-refractivity contribution in [3.8, 4) is 0 Å². The normalized spacial score (nSPS) is 23.1. The third-order valence-electron chi connectivity index (χ3n) is 7.67. The van der Waals surface area contributed by atoms with Gasteiger partial charge in [-0.2, -0.15) is 16.8 Å². The molecule has 0 aliphatic carbocycles. The predicted octanol–water partition coefficient (Wildman–Crippen LogP) is 2.85. The highest BCUT2D eigenvalue weighted by atomic mass is 32.3. The van der Waals surface area contributed by atoms with Crippen LogP contribution in [-0.2, 0) is 39.9 Å². The van der Waals surface area contributed by atoms with Crippen molar-refractivity contribution in [2.24, 2.45) is 0 Å². The van der Waals surface area contributed by atoms with Crippen molar-refractivity contribution in [3.63, 3.8) is 0 Å². The molecule has 2 aliphatic heterocycles. The van der Waals surface area contributed by atoms with Gasteiger partial charge in [0.25, 0.3) is 0 Å². The molecule has 0 spiro atoms. The minimum Gasteiger partial charge on any atom is -0.462 e. The fourth-order valence-electron chi connectivity index (χ4n) is 5.42. The highest BCUT2D eigenvalue weighted by molar-refractivity contribution is 7.80. The van der Waals surface area contributed by atoms with Crippen LogP contribution in [0.3, 0.4) is 0 Å². The van der Waals surface area contributed by atoms with Crippen molar-refractivity contribution in [2.75, 3.05) is 14.1 Å². The second-order valence-electron chi connectivity index (χ2n) is 12.8. The zero-order valence-electron chi connectivity index (χ0n) is 25.2. The van der Waals surface area contributed by atoms with Gasteiger partial charge in [0.2, 0.25) is 0 Å². The zero-order chi connectivity index (χ0) is 32.1. The summed E-state index contributed by atoms with van der Waals surface area (Å²) in [7, 11) is -5.08. The van der Waals surface area contributed by atoms with Gasteiger partial charge in [0, 0.05) is 47.8 Å². The van der Waals surface area contributed by atoms with Crippen molar-refractivity contribution >= 4 is 32.7 Å². The first-order valence-corrected chi connectivity index (χ1v) is 15.5. The molecule has 2 aliphatic rings. The number of likely N-dealkylation sites (tertiary alicyclic amines) is 2. The minimum atomic E-state index is -4.67. The summed E-state index contributed by atoms with van der Waals surface area (Å²) in [6.45, 7) is 17.4. The van der Waals surface area contributed by atoms with E-state index >= 15 is 0 Å². The molecule has 4 N–H and O–H groups in total. The molecular formula is C24H48N2O12S2. The van der Waals surface area contributed by atoms with Gasteiger partial charge in [-0.15, -0.1) is 0 Å². The van der Waals surface area contributed by atoms with Crippen LogP contribution in [0.5, 0.6) is 0 Å². The average molecular weight is 621 g/mol. The molecule has 2 heterocycles. The maximum absolute atomic E-state index is 12.4. The molecule has 2 saturated heterocycles. The topological polar surface area (TPSA) is 208 Å². The third-order valence-corrected chi connectivity index (χ3v) is 7.67. The Labute approximate surface area is 238 Å². The second kappa shape index (κ2) is 13.7. The van der Waals surface area contributed by atoms with E-state index in [9.17, 15) is 9.59 Å². The Morgan fingerprint density at radius 1 is 0.600 bits per heavy atom. The van der Waals surface area contributed by atoms with Crippen LogP contribution in [0, 0.1) is 0 Å². The molecule has 0 atom stereocenters. The van der Waals surface area contributed by atoms with Crippen molar-refractivity contribution in [3.05, 3.63) is 0 Å². The molecule has 0 unspecified atom stereocenters. The molecule has 40 heavy (non-hydrogen) atoms. The molecule has 2 rings (SSSR count). The Morgan fingerprint density at radius 2 is 0.775 bits per heavy atom. The van der Waals surface area contributed by atoms with Gasteiger partial charge in [0.05, 0.1) is 12.8 Å². The molecule has 238 valence electrons. The quantitative estimate of drug-likeness (QED) is 0.257. The fraction of sp³-hybridized carbons (Fsp3) is 0.917. The van der Waals surface area contributed by atoms with E-state index in [-0.39, 0.29) is 59.1 Å². The van der Waals surface area contributed by atoms with Gasteiger partial charge in [0.1, 0.15) is 12.2 Å². The van der Waals surface area contributed by atoms with Crippen LogP contribution in [0.15, 0.2) is 0 Å². The van der Waals surface area contributed by atoms with E-state index in [1.54, 1.807) is 0 Å². The monoisotopic (exact) mass is 620 g/mol. The molecule has 16 heteroatoms. The zero-order valence-corrected chi connectivity index (χ0v) is 26.8. The molecule has 0 bridgehead atoms. The number of piperidine rings is 2. The minimum absolute atomic E-state index is 0.0423. The Kier molecular flexibility index (Phi) is 13.2. The maximum atomic E-state index is 12.4. The molecular weight excluding hydrogens is 572 g/mol. The summed E-state index contributed by atoms with van der Waals surface area (Å²) in [6, 6.07) is 0. The van der Waals surface area contributed by atoms with Gasteiger partial charge >= 0.3 is 32.7 Å². The van der Waals surface area contributed by atoms with E-state index in [1.165, 1.54) is 0 Å². The van der Waals surface area contributed by atoms with Crippen LogP contribution in [-0.4, -0.2) is 105 Å². The third kappa shape index (κ3) is 15.0. The largest absolute Gasteiger partial charge is 0.462 e. The van der Waals surface area contributed by atoms with Crippen molar-refractivity contribution in [1.29, 1.82) is 0 Å². The molecule has 0 aromatic heterocycles. The summed E-state index contributed by atoms with van der Waals surface area (Å²) in [5.74, 6) is -0.616. The summed E-state index contributed by atoms with van der Waals surface area (Å²) in [4.78, 5) is 29.5. The smallest absolute Gasteiger partial charge is 0.394 e. The molecule has 0 aromatic rings. The molecule has 2 fully saturated rings. The Morgan fingerprint density at radius 3 is 0.950 bits per heavy atom. The van der Waals surface area contributed by atoms with Gasteiger partial charge in [-0.25, -0.2) is 0 Å². The first kappa shape index (κ1) is 38.6. The standard InChI is InChI=1S/C24H44N2O4.2H2O4S/c1-21(2)13-17(14-22(3,4)25(21)9)29-19(27)11-12-20(28)30-18-15-23(5,6)26(10)24(7,8)16-18;2*1-5(2,3)4/h17-18H,11-16H2,1-10H3;2*(H2,1,2,3,4). The first-order chi connectivity index (χ1) is 17.5. The fourth-order valence-corrected chi connectivity index (χ4v) is 5.42. The van der Waals surface area contributed by atoms with Crippen molar-refractivity contribution < 1.29 is 54.1 Å². The van der Waals surface area contributed by atoms with E-state index in [1.807, 2.05) is 0 Å². The van der Waals surface area contributed by atoms with Crippen LogP contribution in [0.2, 0.25) is 0 Å². The molecule has 0 aromatic carbocycles. The summed E-state index contributed by atoms with van der Waals surface area (Å²) in [5, 5.41) is 0. The number of nitrogens with zero attached hydrogens (tertiary/aromatic N) is 2. The molecule has 0 amide bonds. The Balaban J connectivity index is 0.00000130. The van der Waals surface area contributed by atoms with Crippen LogP contribution < -0.4 is 0 Å². The van der Waals surface area contributed by atoms with Crippen molar-refractivity contribution in [2.45, 2.75) is 128 Å². The molecule has 0 saturated carbocycles. The van der Waals surface area contributed by atoms with Crippen LogP contribution >= 0.6 is 0 Å². The van der Waals surface area contributed by atoms with Crippen LogP contribution in [0.4, 0.5) is 0 Å². The highest BCUT2D eigenvalue weighted by Crippen LogP contribution is 2.39. The Hall–Kier alpha value is -1.40. The summed E-state index contributed by atoms with van der Waals surface area (Å²) >= 11 is 0. The number of hydrogen-bond donors (Lipinski definition) is 4. The first-order valence-electron chi connectivity index (χ1n) is 12.7. The lowest BCUT2D eigenvalue weighted by atomic mass is 9.78. The number of hydrogen-bond acceptors (Lipinski definition) is 10. The number of carbonyl (C=O) groups excluding carboxylic acids is 2. The van der Waals surface area contributed by atoms with Gasteiger partial charge in [0.15, 0.2) is 0 Å². The van der Waals surface area contributed by atoms with Crippen molar-refractivity contribution in [1.82, 2.24) is 9.80 Å². The molecule has 0 radical (unpaired) electrons. The van der Waals surface area contributed by atoms with Gasteiger partial charge in [-0.3, -0.25) is 37.6 Å². The summed E-state index contributed by atoms with van der Waals surface area (Å²) in [6.07, 6.45) is 3.09. The second-order valence-corrected chi connectivity index (χ2v) is 14.6. The number of rotatable bonds is 5. The number of carbonyl (C=O) groups is 2. The predicted molar refractivity (Wildman–Crippen MR) is 148 cm³/mol. The van der Waals surface area contributed by atoms with Gasteiger partial charge in [-0.05, 0) is 69.5 Å². The Bertz CT molecular complexity index is 947. The average Bonchev–Trinajstić information content (AvgIpc) is 2.65. The molecule has 14 nitrogen and oxygen atoms in total. The van der Waals surface area contributed by atoms with Gasteiger partial charge < -0.3 is 9.47 Å². The van der Waals surface area contributed by atoms with E-state index in [0.717, 1.165) is 25.7 Å². The SMILES string of the molecule is CN1C(C)(C)CC(OC(=O)CCC(=O)OC2CC(C)(C)N(C)C(C)(C)C2)CC1(C)C.O=S(=O)(O)O.O=S(=O)(O)O. The lowest BCUT2D eigenvalue weighted by molar-refractivity contribution is -0.165. The van der Waals surface area contributed by atoms with E-state index in [0.29, 0.717) is 0 Å². The van der Waals surface area contributed by atoms with E-state index < -0.39 is 20.8 Å². The summed E-state index contributed by atoms with van der Waals surface area (Å²) in [5.41, 5.74) is -0.169. The van der Waals surface area contributed by atoms with Crippen LogP contribution in [0.1, 0.15) is 93.9 Å². The number of esters is 2. The lowest BCUT2D eigenvalue weighted by Gasteiger charge is -2.53. The van der Waals surface area contributed by atoms with Crippen LogP contribution in [0.25, 0.3) is 0 Å². The number of ether oxygens (including phenoxy) is 2. The lowest BCUT2D eigenvalue weighted by Crippen LogP contribution is -2.60. The summed E-state index contributed by atoms with van der Waals surface area (Å²) < 4.78 is 74.7. The van der Waals surface area contributed by atoms with E-state index in [4.69, 9.17) is 44.5 Å². The van der Waals surface area contributed by atoms with E-state index in [2.05, 4.69) is 79.3 Å². The highest BCUT2D eigenvalue weighted by Gasteiger charge is 2.45. The van der Waals surface area contributed by atoms with Gasteiger partial charge in [-0.1, -0.05) is 0 Å². The maximum Gasteiger partial charge on any atom is 0.394 e.